The maximum atomic E-state index is 11.0. The van der Waals surface area contributed by atoms with Crippen molar-refractivity contribution in [2.75, 3.05) is 65.9 Å². The SMILES string of the molecule is CCNC(=O)COCCOCCOCCOCCNC(C)=O. The fourth-order valence-electron chi connectivity index (χ4n) is 1.37. The Morgan fingerprint density at radius 2 is 1.27 bits per heavy atom. The van der Waals surface area contributed by atoms with E-state index >= 15 is 0 Å². The van der Waals surface area contributed by atoms with E-state index in [0.29, 0.717) is 59.3 Å². The van der Waals surface area contributed by atoms with Crippen molar-refractivity contribution in [3.05, 3.63) is 0 Å². The highest BCUT2D eigenvalue weighted by molar-refractivity contribution is 5.77. The summed E-state index contributed by atoms with van der Waals surface area (Å²) in [5.74, 6) is -0.184. The lowest BCUT2D eigenvalue weighted by molar-refractivity contribution is -0.126. The molecule has 0 spiro atoms. The molecule has 0 bridgehead atoms. The van der Waals surface area contributed by atoms with Crippen LogP contribution in [0.4, 0.5) is 0 Å². The fourth-order valence-corrected chi connectivity index (χ4v) is 1.37. The van der Waals surface area contributed by atoms with E-state index < -0.39 is 0 Å². The monoisotopic (exact) mass is 320 g/mol. The lowest BCUT2D eigenvalue weighted by Crippen LogP contribution is -2.27. The van der Waals surface area contributed by atoms with Crippen molar-refractivity contribution in [3.8, 4) is 0 Å². The van der Waals surface area contributed by atoms with Crippen LogP contribution in [-0.2, 0) is 28.5 Å². The van der Waals surface area contributed by atoms with Crippen LogP contribution >= 0.6 is 0 Å². The van der Waals surface area contributed by atoms with E-state index in [0.717, 1.165) is 0 Å². The molecule has 0 saturated heterocycles. The average molecular weight is 320 g/mol. The number of hydrogen-bond acceptors (Lipinski definition) is 6. The maximum Gasteiger partial charge on any atom is 0.245 e. The van der Waals surface area contributed by atoms with Crippen molar-refractivity contribution in [1.82, 2.24) is 10.6 Å². The van der Waals surface area contributed by atoms with E-state index in [9.17, 15) is 9.59 Å². The molecule has 0 aliphatic rings. The summed E-state index contributed by atoms with van der Waals surface area (Å²) in [6.07, 6.45) is 0. The molecule has 8 nitrogen and oxygen atoms in total. The number of amides is 2. The lowest BCUT2D eigenvalue weighted by atomic mass is 10.6. The summed E-state index contributed by atoms with van der Waals surface area (Å²) in [7, 11) is 0. The fraction of sp³-hybridized carbons (Fsp3) is 0.857. The number of nitrogens with one attached hydrogen (secondary N) is 2. The smallest absolute Gasteiger partial charge is 0.245 e. The molecule has 0 aliphatic heterocycles. The number of carbonyl (C=O) groups is 2. The van der Waals surface area contributed by atoms with Crippen LogP contribution in [0.5, 0.6) is 0 Å². The predicted molar refractivity (Wildman–Crippen MR) is 80.6 cm³/mol. The highest BCUT2D eigenvalue weighted by Gasteiger charge is 1.98. The Morgan fingerprint density at radius 3 is 1.77 bits per heavy atom. The van der Waals surface area contributed by atoms with E-state index in [4.69, 9.17) is 18.9 Å². The zero-order chi connectivity index (χ0) is 16.5. The van der Waals surface area contributed by atoms with E-state index in [2.05, 4.69) is 10.6 Å². The van der Waals surface area contributed by atoms with E-state index in [1.807, 2.05) is 6.92 Å². The highest BCUT2D eigenvalue weighted by Crippen LogP contribution is 1.83. The quantitative estimate of drug-likeness (QED) is 0.388. The molecule has 2 N–H and O–H groups in total. The van der Waals surface area contributed by atoms with Crippen LogP contribution in [0.2, 0.25) is 0 Å². The lowest BCUT2D eigenvalue weighted by Gasteiger charge is -2.07. The van der Waals surface area contributed by atoms with Crippen molar-refractivity contribution < 1.29 is 28.5 Å². The summed E-state index contributed by atoms with van der Waals surface area (Å²) in [6.45, 7) is 7.68. The zero-order valence-corrected chi connectivity index (χ0v) is 13.5. The molecule has 0 aromatic carbocycles. The van der Waals surface area contributed by atoms with Gasteiger partial charge in [0.2, 0.25) is 11.8 Å². The molecule has 0 aliphatic carbocycles. The van der Waals surface area contributed by atoms with E-state index in [1.165, 1.54) is 6.92 Å². The van der Waals surface area contributed by atoms with Crippen molar-refractivity contribution in [2.45, 2.75) is 13.8 Å². The predicted octanol–water partition coefficient (Wildman–Crippen LogP) is -0.675. The van der Waals surface area contributed by atoms with Crippen LogP contribution < -0.4 is 10.6 Å². The van der Waals surface area contributed by atoms with Gasteiger partial charge in [0.25, 0.3) is 0 Å². The van der Waals surface area contributed by atoms with Crippen LogP contribution in [0.25, 0.3) is 0 Å². The number of ether oxygens (including phenoxy) is 4. The summed E-state index contributed by atoms with van der Waals surface area (Å²) in [5, 5.41) is 5.27. The minimum Gasteiger partial charge on any atom is -0.377 e. The van der Waals surface area contributed by atoms with Gasteiger partial charge in [0.1, 0.15) is 6.61 Å². The molecule has 22 heavy (non-hydrogen) atoms. The molecule has 0 aromatic rings. The third-order valence-corrected chi connectivity index (χ3v) is 2.34. The Kier molecular flexibility index (Phi) is 15.3. The van der Waals surface area contributed by atoms with Gasteiger partial charge < -0.3 is 29.6 Å². The second-order valence-corrected chi connectivity index (χ2v) is 4.33. The first kappa shape index (κ1) is 20.8. The molecule has 2 amide bonds. The van der Waals surface area contributed by atoms with Crippen molar-refractivity contribution >= 4 is 11.8 Å². The molecule has 0 atom stereocenters. The maximum absolute atomic E-state index is 11.0. The molecule has 0 unspecified atom stereocenters. The first-order chi connectivity index (χ1) is 10.7. The van der Waals surface area contributed by atoms with Crippen LogP contribution in [-0.4, -0.2) is 77.8 Å². The average Bonchev–Trinajstić information content (AvgIpc) is 2.47. The van der Waals surface area contributed by atoms with E-state index in [-0.39, 0.29) is 18.4 Å². The highest BCUT2D eigenvalue weighted by atomic mass is 16.6. The third-order valence-electron chi connectivity index (χ3n) is 2.34. The first-order valence-corrected chi connectivity index (χ1v) is 7.49. The topological polar surface area (TPSA) is 95.1 Å². The molecule has 0 fully saturated rings. The number of likely N-dealkylation sites (N-methyl/N-ethyl adjacent to an activating group) is 1. The van der Waals surface area contributed by atoms with Crippen molar-refractivity contribution in [2.24, 2.45) is 0 Å². The number of carbonyl (C=O) groups excluding carboxylic acids is 2. The minimum atomic E-state index is -0.121. The molecule has 0 aromatic heterocycles. The Hall–Kier alpha value is -1.22. The molecule has 0 radical (unpaired) electrons. The van der Waals surface area contributed by atoms with Gasteiger partial charge in [-0.25, -0.2) is 0 Å². The molecule has 0 rings (SSSR count). The van der Waals surface area contributed by atoms with Crippen LogP contribution in [0.1, 0.15) is 13.8 Å². The Bertz CT molecular complexity index is 289. The summed E-state index contributed by atoms with van der Waals surface area (Å²) in [6, 6.07) is 0. The number of rotatable bonds is 15. The van der Waals surface area contributed by atoms with Gasteiger partial charge in [-0.1, -0.05) is 0 Å². The van der Waals surface area contributed by atoms with Gasteiger partial charge in [-0.05, 0) is 6.92 Å². The second-order valence-electron chi connectivity index (χ2n) is 4.33. The minimum absolute atomic E-state index is 0.0591. The Labute approximate surface area is 131 Å². The summed E-state index contributed by atoms with van der Waals surface area (Å²) in [5.41, 5.74) is 0. The van der Waals surface area contributed by atoms with Gasteiger partial charge in [0.15, 0.2) is 0 Å². The van der Waals surface area contributed by atoms with Gasteiger partial charge in [0, 0.05) is 20.0 Å². The molecular formula is C14H28N2O6. The van der Waals surface area contributed by atoms with Crippen LogP contribution in [0.15, 0.2) is 0 Å². The standard InChI is InChI=1S/C14H28N2O6/c1-3-15-14(18)12-22-11-10-21-9-8-20-7-6-19-5-4-16-13(2)17/h3-12H2,1-2H3,(H,15,18)(H,16,17). The van der Waals surface area contributed by atoms with Gasteiger partial charge >= 0.3 is 0 Å². The molecule has 0 heterocycles. The summed E-state index contributed by atoms with van der Waals surface area (Å²) in [4.78, 5) is 21.6. The van der Waals surface area contributed by atoms with Crippen molar-refractivity contribution in [1.29, 1.82) is 0 Å². The molecular weight excluding hydrogens is 292 g/mol. The van der Waals surface area contributed by atoms with E-state index in [1.54, 1.807) is 0 Å². The number of hydrogen-bond donors (Lipinski definition) is 2. The molecule has 130 valence electrons. The van der Waals surface area contributed by atoms with Gasteiger partial charge in [-0.15, -0.1) is 0 Å². The van der Waals surface area contributed by atoms with Crippen LogP contribution in [0, 0.1) is 0 Å². The summed E-state index contributed by atoms with van der Waals surface area (Å²) < 4.78 is 20.9. The molecule has 0 saturated carbocycles. The zero-order valence-electron chi connectivity index (χ0n) is 13.5. The normalized spacial score (nSPS) is 10.5. The second kappa shape index (κ2) is 16.2. The van der Waals surface area contributed by atoms with Gasteiger partial charge in [0.05, 0.1) is 46.2 Å². The first-order valence-electron chi connectivity index (χ1n) is 7.49. The molecule has 8 heteroatoms. The Balaban J connectivity index is 3.05. The largest absolute Gasteiger partial charge is 0.377 e. The van der Waals surface area contributed by atoms with Crippen molar-refractivity contribution in [3.63, 3.8) is 0 Å². The van der Waals surface area contributed by atoms with Gasteiger partial charge in [-0.3, -0.25) is 9.59 Å². The van der Waals surface area contributed by atoms with Gasteiger partial charge in [-0.2, -0.15) is 0 Å². The Morgan fingerprint density at radius 1 is 0.773 bits per heavy atom. The van der Waals surface area contributed by atoms with Crippen LogP contribution in [0.3, 0.4) is 0 Å². The third kappa shape index (κ3) is 16.8. The summed E-state index contributed by atoms with van der Waals surface area (Å²) >= 11 is 0.